The number of piperidine rings is 1. The van der Waals surface area contributed by atoms with Gasteiger partial charge in [-0.2, -0.15) is 0 Å². The quantitative estimate of drug-likeness (QED) is 0.732. The van der Waals surface area contributed by atoms with E-state index in [4.69, 9.17) is 0 Å². The maximum Gasteiger partial charge on any atom is 0.0674 e. The SMILES string of the molecule is CN1CCC(O)(CC2CCCC2)CC1. The zero-order valence-electron chi connectivity index (χ0n) is 9.34. The van der Waals surface area contributed by atoms with Crippen molar-refractivity contribution in [2.24, 2.45) is 5.92 Å². The van der Waals surface area contributed by atoms with E-state index < -0.39 is 0 Å². The summed E-state index contributed by atoms with van der Waals surface area (Å²) in [5, 5.41) is 10.4. The maximum absolute atomic E-state index is 10.4. The molecule has 2 nitrogen and oxygen atoms in total. The number of hydrogen-bond donors (Lipinski definition) is 1. The molecule has 82 valence electrons. The summed E-state index contributed by atoms with van der Waals surface area (Å²) in [6.45, 7) is 2.15. The molecule has 0 bridgehead atoms. The van der Waals surface area contributed by atoms with E-state index in [1.807, 2.05) is 0 Å². The molecular formula is C12H23NO. The highest BCUT2D eigenvalue weighted by Gasteiger charge is 2.34. The first-order valence-corrected chi connectivity index (χ1v) is 6.09. The van der Waals surface area contributed by atoms with Crippen LogP contribution in [0.2, 0.25) is 0 Å². The number of hydrogen-bond acceptors (Lipinski definition) is 2. The molecular weight excluding hydrogens is 174 g/mol. The van der Waals surface area contributed by atoms with Crippen LogP contribution in [0.3, 0.4) is 0 Å². The predicted molar refractivity (Wildman–Crippen MR) is 58.3 cm³/mol. The van der Waals surface area contributed by atoms with E-state index in [0.717, 1.165) is 38.3 Å². The summed E-state index contributed by atoms with van der Waals surface area (Å²) in [4.78, 5) is 2.32. The Hall–Kier alpha value is -0.0800. The number of nitrogens with zero attached hydrogens (tertiary/aromatic N) is 1. The van der Waals surface area contributed by atoms with Crippen molar-refractivity contribution in [3.05, 3.63) is 0 Å². The van der Waals surface area contributed by atoms with Gasteiger partial charge < -0.3 is 10.0 Å². The summed E-state index contributed by atoms with van der Waals surface area (Å²) in [6, 6.07) is 0. The van der Waals surface area contributed by atoms with Crippen LogP contribution in [0.4, 0.5) is 0 Å². The van der Waals surface area contributed by atoms with Crippen molar-refractivity contribution in [2.75, 3.05) is 20.1 Å². The third-order valence-corrected chi connectivity index (χ3v) is 4.06. The Kier molecular flexibility index (Phi) is 3.13. The lowest BCUT2D eigenvalue weighted by molar-refractivity contribution is -0.0337. The van der Waals surface area contributed by atoms with Gasteiger partial charge in [-0.25, -0.2) is 0 Å². The molecule has 0 aromatic heterocycles. The van der Waals surface area contributed by atoms with Gasteiger partial charge in [-0.1, -0.05) is 25.7 Å². The highest BCUT2D eigenvalue weighted by molar-refractivity contribution is 4.88. The Bertz CT molecular complexity index is 179. The lowest BCUT2D eigenvalue weighted by Gasteiger charge is -2.38. The average Bonchev–Trinajstić information content (AvgIpc) is 2.63. The van der Waals surface area contributed by atoms with Crippen LogP contribution in [0.25, 0.3) is 0 Å². The summed E-state index contributed by atoms with van der Waals surface area (Å²) in [5.41, 5.74) is -0.318. The topological polar surface area (TPSA) is 23.5 Å². The lowest BCUT2D eigenvalue weighted by atomic mass is 9.82. The third kappa shape index (κ3) is 2.48. The molecule has 0 aromatic rings. The van der Waals surface area contributed by atoms with E-state index in [0.29, 0.717) is 0 Å². The van der Waals surface area contributed by atoms with E-state index in [-0.39, 0.29) is 5.60 Å². The molecule has 2 aliphatic rings. The molecule has 2 heteroatoms. The molecule has 0 amide bonds. The molecule has 0 spiro atoms. The molecule has 0 aromatic carbocycles. The van der Waals surface area contributed by atoms with Crippen LogP contribution >= 0.6 is 0 Å². The fraction of sp³-hybridized carbons (Fsp3) is 1.00. The van der Waals surface area contributed by atoms with Crippen molar-refractivity contribution in [2.45, 2.75) is 50.5 Å². The highest BCUT2D eigenvalue weighted by atomic mass is 16.3. The molecule has 0 atom stereocenters. The van der Waals surface area contributed by atoms with Crippen LogP contribution in [0, 0.1) is 5.92 Å². The van der Waals surface area contributed by atoms with Crippen LogP contribution in [-0.2, 0) is 0 Å². The van der Waals surface area contributed by atoms with Crippen molar-refractivity contribution in [3.8, 4) is 0 Å². The number of rotatable bonds is 2. The van der Waals surface area contributed by atoms with Gasteiger partial charge in [0.2, 0.25) is 0 Å². The highest BCUT2D eigenvalue weighted by Crippen LogP contribution is 2.36. The van der Waals surface area contributed by atoms with E-state index in [9.17, 15) is 5.11 Å². The van der Waals surface area contributed by atoms with Gasteiger partial charge in [0.25, 0.3) is 0 Å². The molecule has 1 saturated carbocycles. The summed E-state index contributed by atoms with van der Waals surface area (Å²) in [7, 11) is 2.15. The Morgan fingerprint density at radius 2 is 1.79 bits per heavy atom. The normalized spacial score (nSPS) is 29.6. The first-order chi connectivity index (χ1) is 6.68. The molecule has 1 saturated heterocycles. The van der Waals surface area contributed by atoms with Gasteiger partial charge in [0.1, 0.15) is 0 Å². The van der Waals surface area contributed by atoms with Crippen LogP contribution < -0.4 is 0 Å². The lowest BCUT2D eigenvalue weighted by Crippen LogP contribution is -2.43. The van der Waals surface area contributed by atoms with Crippen LogP contribution in [-0.4, -0.2) is 35.7 Å². The zero-order valence-corrected chi connectivity index (χ0v) is 9.34. The standard InChI is InChI=1S/C12H23NO/c1-13-8-6-12(14,7-9-13)10-11-4-2-3-5-11/h11,14H,2-10H2,1H3. The van der Waals surface area contributed by atoms with Crippen LogP contribution in [0.15, 0.2) is 0 Å². The average molecular weight is 197 g/mol. The monoisotopic (exact) mass is 197 g/mol. The molecule has 0 unspecified atom stereocenters. The molecule has 1 aliphatic heterocycles. The van der Waals surface area contributed by atoms with E-state index in [1.54, 1.807) is 0 Å². The van der Waals surface area contributed by atoms with E-state index in [2.05, 4.69) is 11.9 Å². The predicted octanol–water partition coefficient (Wildman–Crippen LogP) is 2.02. The third-order valence-electron chi connectivity index (χ3n) is 4.06. The Morgan fingerprint density at radius 3 is 2.36 bits per heavy atom. The zero-order chi connectivity index (χ0) is 10.0. The van der Waals surface area contributed by atoms with Gasteiger partial charge in [-0.05, 0) is 32.2 Å². The second-order valence-corrected chi connectivity index (χ2v) is 5.38. The van der Waals surface area contributed by atoms with Gasteiger partial charge in [-0.3, -0.25) is 0 Å². The van der Waals surface area contributed by atoms with Crippen molar-refractivity contribution < 1.29 is 5.11 Å². The largest absolute Gasteiger partial charge is 0.390 e. The summed E-state index contributed by atoms with van der Waals surface area (Å²) >= 11 is 0. The van der Waals surface area contributed by atoms with E-state index in [1.165, 1.54) is 25.7 Å². The Labute approximate surface area is 87.3 Å². The minimum Gasteiger partial charge on any atom is -0.390 e. The maximum atomic E-state index is 10.4. The van der Waals surface area contributed by atoms with Gasteiger partial charge in [0.15, 0.2) is 0 Å². The minimum atomic E-state index is -0.318. The van der Waals surface area contributed by atoms with Gasteiger partial charge in [0.05, 0.1) is 5.60 Å². The van der Waals surface area contributed by atoms with Crippen molar-refractivity contribution >= 4 is 0 Å². The Balaban J connectivity index is 1.82. The fourth-order valence-corrected chi connectivity index (χ4v) is 2.99. The van der Waals surface area contributed by atoms with E-state index >= 15 is 0 Å². The molecule has 2 rings (SSSR count). The van der Waals surface area contributed by atoms with Crippen molar-refractivity contribution in [1.82, 2.24) is 4.90 Å². The molecule has 0 radical (unpaired) electrons. The molecule has 2 fully saturated rings. The van der Waals surface area contributed by atoms with Crippen molar-refractivity contribution in [1.29, 1.82) is 0 Å². The number of aliphatic hydroxyl groups is 1. The first-order valence-electron chi connectivity index (χ1n) is 6.09. The fourth-order valence-electron chi connectivity index (χ4n) is 2.99. The Morgan fingerprint density at radius 1 is 1.21 bits per heavy atom. The summed E-state index contributed by atoms with van der Waals surface area (Å²) in [6.07, 6.45) is 8.54. The van der Waals surface area contributed by atoms with Gasteiger partial charge >= 0.3 is 0 Å². The second kappa shape index (κ2) is 4.19. The van der Waals surface area contributed by atoms with Gasteiger partial charge in [-0.15, -0.1) is 0 Å². The molecule has 14 heavy (non-hydrogen) atoms. The van der Waals surface area contributed by atoms with Crippen molar-refractivity contribution in [3.63, 3.8) is 0 Å². The smallest absolute Gasteiger partial charge is 0.0674 e. The van der Waals surface area contributed by atoms with Crippen LogP contribution in [0.5, 0.6) is 0 Å². The second-order valence-electron chi connectivity index (χ2n) is 5.38. The minimum absolute atomic E-state index is 0.318. The summed E-state index contributed by atoms with van der Waals surface area (Å²) < 4.78 is 0. The first kappa shape index (κ1) is 10.4. The van der Waals surface area contributed by atoms with Crippen LogP contribution in [0.1, 0.15) is 44.9 Å². The molecule has 1 aliphatic carbocycles. The molecule has 1 heterocycles. The molecule has 1 N–H and O–H groups in total. The number of likely N-dealkylation sites (tertiary alicyclic amines) is 1. The van der Waals surface area contributed by atoms with Gasteiger partial charge in [0, 0.05) is 13.1 Å². The summed E-state index contributed by atoms with van der Waals surface area (Å²) in [5.74, 6) is 0.823.